The van der Waals surface area contributed by atoms with Crippen molar-refractivity contribution in [3.8, 4) is 6.07 Å². The molecule has 0 saturated carbocycles. The van der Waals surface area contributed by atoms with E-state index < -0.39 is 41.0 Å². The highest BCUT2D eigenvalue weighted by Gasteiger charge is 2.33. The van der Waals surface area contributed by atoms with Crippen molar-refractivity contribution in [2.45, 2.75) is 38.5 Å². The van der Waals surface area contributed by atoms with Crippen molar-refractivity contribution in [2.75, 3.05) is 32.8 Å². The highest BCUT2D eigenvalue weighted by atomic mass is 19.1. The molecule has 1 saturated heterocycles. The second kappa shape index (κ2) is 8.82. The molecule has 1 aliphatic rings. The molecule has 0 spiro atoms. The SMILES string of the molecule is CC(C)(C)OC(=O)N1CCN(CC(O)c2ccc(F)c(C#N)c2F)[C@@H](CO)C1. The van der Waals surface area contributed by atoms with Crippen LogP contribution in [0.5, 0.6) is 0 Å². The van der Waals surface area contributed by atoms with Gasteiger partial charge in [0.2, 0.25) is 0 Å². The third-order valence-corrected chi connectivity index (χ3v) is 4.47. The van der Waals surface area contributed by atoms with E-state index in [0.717, 1.165) is 12.1 Å². The first-order valence-corrected chi connectivity index (χ1v) is 8.96. The number of hydrogen-bond donors (Lipinski definition) is 2. The minimum Gasteiger partial charge on any atom is -0.444 e. The van der Waals surface area contributed by atoms with Gasteiger partial charge in [0.1, 0.15) is 28.9 Å². The average Bonchev–Trinajstić information content (AvgIpc) is 2.60. The second-order valence-electron chi connectivity index (χ2n) is 7.71. The highest BCUT2D eigenvalue weighted by Crippen LogP contribution is 2.24. The van der Waals surface area contributed by atoms with E-state index in [1.54, 1.807) is 25.7 Å². The zero-order chi connectivity index (χ0) is 21.1. The van der Waals surface area contributed by atoms with Gasteiger partial charge in [-0.05, 0) is 26.8 Å². The maximum atomic E-state index is 14.3. The lowest BCUT2D eigenvalue weighted by molar-refractivity contribution is -0.0150. The van der Waals surface area contributed by atoms with Crippen LogP contribution in [0.25, 0.3) is 0 Å². The van der Waals surface area contributed by atoms with Gasteiger partial charge in [-0.1, -0.05) is 6.07 Å². The van der Waals surface area contributed by atoms with E-state index in [1.165, 1.54) is 11.0 Å². The molecule has 0 radical (unpaired) electrons. The summed E-state index contributed by atoms with van der Waals surface area (Å²) >= 11 is 0. The minimum atomic E-state index is -1.32. The van der Waals surface area contributed by atoms with Gasteiger partial charge in [-0.2, -0.15) is 5.26 Å². The summed E-state index contributed by atoms with van der Waals surface area (Å²) in [7, 11) is 0. The summed E-state index contributed by atoms with van der Waals surface area (Å²) in [5, 5.41) is 29.0. The standard InChI is InChI=1S/C19H25F2N3O4/c1-19(2,3)28-18(27)24-7-6-23(12(9-24)11-25)10-16(26)13-4-5-15(20)14(8-22)17(13)21/h4-5,12,16,25-26H,6-7,9-11H2,1-3H3/t12-,16?/m1/s1. The normalized spacial score (nSPS) is 19.2. The number of β-amino-alcohol motifs (C(OH)–C–C–N with tert-alkyl or cyclic N) is 1. The van der Waals surface area contributed by atoms with Crippen LogP contribution in [-0.2, 0) is 4.74 Å². The lowest BCUT2D eigenvalue weighted by atomic mass is 10.0. The molecule has 0 aliphatic carbocycles. The Labute approximate surface area is 162 Å². The van der Waals surface area contributed by atoms with E-state index in [2.05, 4.69) is 0 Å². The lowest BCUT2D eigenvalue weighted by Crippen LogP contribution is -2.57. The number of ether oxygens (including phenoxy) is 1. The van der Waals surface area contributed by atoms with Crippen molar-refractivity contribution in [3.05, 3.63) is 34.9 Å². The van der Waals surface area contributed by atoms with E-state index in [9.17, 15) is 23.8 Å². The smallest absolute Gasteiger partial charge is 0.410 e. The van der Waals surface area contributed by atoms with Gasteiger partial charge in [0.15, 0.2) is 0 Å². The summed E-state index contributed by atoms with van der Waals surface area (Å²) < 4.78 is 33.1. The molecule has 1 fully saturated rings. The quantitative estimate of drug-likeness (QED) is 0.804. The molecule has 0 aromatic heterocycles. The van der Waals surface area contributed by atoms with Crippen LogP contribution in [0.15, 0.2) is 12.1 Å². The van der Waals surface area contributed by atoms with E-state index in [1.807, 2.05) is 0 Å². The van der Waals surface area contributed by atoms with Crippen molar-refractivity contribution < 1.29 is 28.5 Å². The number of piperazine rings is 1. The molecule has 28 heavy (non-hydrogen) atoms. The molecule has 2 N–H and O–H groups in total. The molecule has 1 aromatic carbocycles. The van der Waals surface area contributed by atoms with Gasteiger partial charge in [-0.25, -0.2) is 13.6 Å². The van der Waals surface area contributed by atoms with Crippen LogP contribution < -0.4 is 0 Å². The first kappa shape index (κ1) is 22.0. The largest absolute Gasteiger partial charge is 0.444 e. The number of benzene rings is 1. The van der Waals surface area contributed by atoms with Crippen molar-refractivity contribution in [1.82, 2.24) is 9.80 Å². The fraction of sp³-hybridized carbons (Fsp3) is 0.579. The van der Waals surface area contributed by atoms with Crippen molar-refractivity contribution >= 4 is 6.09 Å². The molecule has 1 unspecified atom stereocenters. The number of carbonyl (C=O) groups is 1. The van der Waals surface area contributed by atoms with E-state index in [0.29, 0.717) is 13.1 Å². The van der Waals surface area contributed by atoms with Gasteiger partial charge in [0.25, 0.3) is 0 Å². The fourth-order valence-electron chi connectivity index (χ4n) is 3.05. The Morgan fingerprint density at radius 2 is 2.07 bits per heavy atom. The number of aliphatic hydroxyl groups excluding tert-OH is 2. The molecule has 1 aromatic rings. The number of nitrogens with zero attached hydrogens (tertiary/aromatic N) is 3. The summed E-state index contributed by atoms with van der Waals surface area (Å²) in [6.07, 6.45) is -1.82. The first-order valence-electron chi connectivity index (χ1n) is 8.96. The number of carbonyl (C=O) groups excluding carboxylic acids is 1. The molecule has 2 atom stereocenters. The van der Waals surface area contributed by atoms with Crippen molar-refractivity contribution in [2.24, 2.45) is 0 Å². The molecule has 1 aliphatic heterocycles. The Hall–Kier alpha value is -2.28. The van der Waals surface area contributed by atoms with Gasteiger partial charge >= 0.3 is 6.09 Å². The minimum absolute atomic E-state index is 0.0409. The molecule has 1 amide bonds. The van der Waals surface area contributed by atoms with E-state index in [4.69, 9.17) is 10.00 Å². The number of amides is 1. The van der Waals surface area contributed by atoms with Crippen LogP contribution >= 0.6 is 0 Å². The molecule has 2 rings (SSSR count). The van der Waals surface area contributed by atoms with Gasteiger partial charge < -0.3 is 19.8 Å². The number of halogens is 2. The summed E-state index contributed by atoms with van der Waals surface area (Å²) in [6.45, 7) is 5.79. The van der Waals surface area contributed by atoms with Crippen LogP contribution in [0.4, 0.5) is 13.6 Å². The number of aliphatic hydroxyl groups is 2. The summed E-state index contributed by atoms with van der Waals surface area (Å²) in [4.78, 5) is 15.4. The van der Waals surface area contributed by atoms with E-state index in [-0.39, 0.29) is 25.3 Å². The molecular weight excluding hydrogens is 372 g/mol. The van der Waals surface area contributed by atoms with Crippen LogP contribution in [-0.4, -0.2) is 70.5 Å². The predicted octanol–water partition coefficient (Wildman–Crippen LogP) is 1.78. The summed E-state index contributed by atoms with van der Waals surface area (Å²) in [5.41, 5.74) is -1.58. The number of rotatable bonds is 4. The van der Waals surface area contributed by atoms with E-state index >= 15 is 0 Å². The molecule has 9 heteroatoms. The van der Waals surface area contributed by atoms with Gasteiger partial charge in [-0.3, -0.25) is 4.90 Å². The topological polar surface area (TPSA) is 97.0 Å². The Bertz CT molecular complexity index is 761. The van der Waals surface area contributed by atoms with Crippen molar-refractivity contribution in [1.29, 1.82) is 5.26 Å². The fourth-order valence-corrected chi connectivity index (χ4v) is 3.05. The molecule has 1 heterocycles. The Balaban J connectivity index is 2.07. The first-order chi connectivity index (χ1) is 13.1. The van der Waals surface area contributed by atoms with Gasteiger partial charge in [0, 0.05) is 31.7 Å². The van der Waals surface area contributed by atoms with Crippen LogP contribution in [0.2, 0.25) is 0 Å². The lowest BCUT2D eigenvalue weighted by Gasteiger charge is -2.41. The molecular formula is C19H25F2N3O4. The Morgan fingerprint density at radius 3 is 2.64 bits per heavy atom. The van der Waals surface area contributed by atoms with Crippen LogP contribution in [0.3, 0.4) is 0 Å². The van der Waals surface area contributed by atoms with Crippen LogP contribution in [0, 0.1) is 23.0 Å². The third kappa shape index (κ3) is 5.16. The van der Waals surface area contributed by atoms with Gasteiger partial charge in [-0.15, -0.1) is 0 Å². The maximum Gasteiger partial charge on any atom is 0.410 e. The number of hydrogen-bond acceptors (Lipinski definition) is 6. The Morgan fingerprint density at radius 1 is 1.39 bits per heavy atom. The average molecular weight is 397 g/mol. The zero-order valence-electron chi connectivity index (χ0n) is 16.2. The summed E-state index contributed by atoms with van der Waals surface area (Å²) in [5.74, 6) is -2.09. The van der Waals surface area contributed by atoms with Gasteiger partial charge in [0.05, 0.1) is 18.8 Å². The predicted molar refractivity (Wildman–Crippen MR) is 96.3 cm³/mol. The molecule has 154 valence electrons. The molecule has 0 bridgehead atoms. The van der Waals surface area contributed by atoms with Crippen molar-refractivity contribution in [3.63, 3.8) is 0 Å². The zero-order valence-corrected chi connectivity index (χ0v) is 16.2. The molecule has 7 nitrogen and oxygen atoms in total. The van der Waals surface area contributed by atoms with Crippen LogP contribution in [0.1, 0.15) is 38.0 Å². The third-order valence-electron chi connectivity index (χ3n) is 4.47. The monoisotopic (exact) mass is 397 g/mol. The highest BCUT2D eigenvalue weighted by molar-refractivity contribution is 5.68. The maximum absolute atomic E-state index is 14.3. The Kier molecular flexibility index (Phi) is 6.93. The summed E-state index contributed by atoms with van der Waals surface area (Å²) in [6, 6.07) is 3.00. The number of nitriles is 1. The second-order valence-corrected chi connectivity index (χ2v) is 7.71.